The summed E-state index contributed by atoms with van der Waals surface area (Å²) in [5, 5.41) is 3.71. The summed E-state index contributed by atoms with van der Waals surface area (Å²) in [5.74, 6) is -0.0305. The fourth-order valence-corrected chi connectivity index (χ4v) is 6.40. The molecule has 33 heavy (non-hydrogen) atoms. The van der Waals surface area contributed by atoms with E-state index in [9.17, 15) is 13.2 Å². The molecular formula is C23H27N3O5S2. The van der Waals surface area contributed by atoms with E-state index in [1.165, 1.54) is 10.4 Å². The number of aryl methyl sites for hydroxylation is 1. The van der Waals surface area contributed by atoms with E-state index in [1.54, 1.807) is 30.4 Å². The zero-order chi connectivity index (χ0) is 23.6. The van der Waals surface area contributed by atoms with E-state index in [1.807, 2.05) is 42.9 Å². The number of sulfonamides is 1. The Hall–Kier alpha value is -2.66. The second kappa shape index (κ2) is 9.68. The highest BCUT2D eigenvalue weighted by Crippen LogP contribution is 2.33. The number of thiophene rings is 1. The maximum absolute atomic E-state index is 13.3. The third kappa shape index (κ3) is 4.70. The van der Waals surface area contributed by atoms with E-state index >= 15 is 0 Å². The van der Waals surface area contributed by atoms with Crippen LogP contribution in [0, 0.1) is 13.8 Å². The second-order valence-electron chi connectivity index (χ2n) is 7.62. The van der Waals surface area contributed by atoms with Crippen molar-refractivity contribution >= 4 is 33.0 Å². The van der Waals surface area contributed by atoms with Gasteiger partial charge in [0.15, 0.2) is 0 Å². The average molecular weight is 490 g/mol. The van der Waals surface area contributed by atoms with E-state index < -0.39 is 10.0 Å². The summed E-state index contributed by atoms with van der Waals surface area (Å²) in [5.41, 5.74) is 1.85. The molecule has 1 amide bonds. The quantitative estimate of drug-likeness (QED) is 0.545. The largest absolute Gasteiger partial charge is 0.492 e. The molecule has 0 aliphatic carbocycles. The minimum absolute atomic E-state index is 0.0351. The van der Waals surface area contributed by atoms with Gasteiger partial charge in [0.05, 0.1) is 25.4 Å². The molecule has 1 aromatic carbocycles. The molecule has 1 aliphatic heterocycles. The predicted octanol–water partition coefficient (Wildman–Crippen LogP) is 3.83. The molecule has 0 bridgehead atoms. The van der Waals surface area contributed by atoms with Gasteiger partial charge in [0.1, 0.15) is 15.6 Å². The SMILES string of the molecule is CCOc1ccc(NC(=O)c2c(-n3cccc3)sc(C)c2C)cc1S(=O)(=O)N1CCOCC1. The lowest BCUT2D eigenvalue weighted by Gasteiger charge is -2.27. The van der Waals surface area contributed by atoms with Crippen LogP contribution >= 0.6 is 11.3 Å². The van der Waals surface area contributed by atoms with E-state index in [-0.39, 0.29) is 29.6 Å². The number of aromatic nitrogens is 1. The van der Waals surface area contributed by atoms with Crippen molar-refractivity contribution in [1.29, 1.82) is 0 Å². The molecule has 0 saturated carbocycles. The van der Waals surface area contributed by atoms with Crippen molar-refractivity contribution in [2.24, 2.45) is 0 Å². The molecule has 4 rings (SSSR count). The van der Waals surface area contributed by atoms with E-state index in [4.69, 9.17) is 9.47 Å². The van der Waals surface area contributed by atoms with Gasteiger partial charge in [0.2, 0.25) is 10.0 Å². The van der Waals surface area contributed by atoms with Gasteiger partial charge < -0.3 is 19.4 Å². The van der Waals surface area contributed by atoms with Crippen molar-refractivity contribution in [3.63, 3.8) is 0 Å². The van der Waals surface area contributed by atoms with Gasteiger partial charge in [0.25, 0.3) is 5.91 Å². The number of morpholine rings is 1. The number of benzene rings is 1. The third-order valence-electron chi connectivity index (χ3n) is 5.52. The normalized spacial score (nSPS) is 14.9. The molecule has 3 heterocycles. The summed E-state index contributed by atoms with van der Waals surface area (Å²) < 4.78 is 40.9. The van der Waals surface area contributed by atoms with Gasteiger partial charge in [-0.05, 0) is 56.7 Å². The van der Waals surface area contributed by atoms with Crippen molar-refractivity contribution in [3.8, 4) is 10.8 Å². The molecular weight excluding hydrogens is 462 g/mol. The van der Waals surface area contributed by atoms with Crippen molar-refractivity contribution in [2.75, 3.05) is 38.2 Å². The van der Waals surface area contributed by atoms with Crippen LogP contribution < -0.4 is 10.1 Å². The van der Waals surface area contributed by atoms with Gasteiger partial charge in [-0.1, -0.05) is 0 Å². The number of anilines is 1. The van der Waals surface area contributed by atoms with Gasteiger partial charge in [-0.25, -0.2) is 8.42 Å². The van der Waals surface area contributed by atoms with Gasteiger partial charge in [-0.15, -0.1) is 11.3 Å². The maximum Gasteiger partial charge on any atom is 0.258 e. The molecule has 8 nitrogen and oxygen atoms in total. The first-order valence-electron chi connectivity index (χ1n) is 10.7. The average Bonchev–Trinajstić information content (AvgIpc) is 3.44. The minimum Gasteiger partial charge on any atom is -0.492 e. The smallest absolute Gasteiger partial charge is 0.258 e. The lowest BCUT2D eigenvalue weighted by Crippen LogP contribution is -2.40. The van der Waals surface area contributed by atoms with E-state index in [0.717, 1.165) is 15.4 Å². The molecule has 1 N–H and O–H groups in total. The molecule has 0 radical (unpaired) electrons. The number of carbonyl (C=O) groups is 1. The van der Waals surface area contributed by atoms with Crippen LogP contribution in [0.25, 0.3) is 5.00 Å². The Morgan fingerprint density at radius 3 is 2.55 bits per heavy atom. The van der Waals surface area contributed by atoms with Crippen LogP contribution in [0.1, 0.15) is 27.7 Å². The van der Waals surface area contributed by atoms with Crippen molar-refractivity contribution in [2.45, 2.75) is 25.7 Å². The Bertz CT molecular complexity index is 1240. The minimum atomic E-state index is -3.81. The van der Waals surface area contributed by atoms with Crippen molar-refractivity contribution < 1.29 is 22.7 Å². The lowest BCUT2D eigenvalue weighted by atomic mass is 10.1. The molecule has 2 aromatic heterocycles. The van der Waals surface area contributed by atoms with Crippen LogP contribution in [0.5, 0.6) is 5.75 Å². The van der Waals surface area contributed by atoms with Crippen LogP contribution in [0.15, 0.2) is 47.6 Å². The Morgan fingerprint density at radius 2 is 1.88 bits per heavy atom. The number of nitrogens with zero attached hydrogens (tertiary/aromatic N) is 2. The number of rotatable bonds is 7. The monoisotopic (exact) mass is 489 g/mol. The first-order valence-corrected chi connectivity index (χ1v) is 13.0. The molecule has 3 aromatic rings. The van der Waals surface area contributed by atoms with Crippen LogP contribution in [0.2, 0.25) is 0 Å². The number of hydrogen-bond acceptors (Lipinski definition) is 6. The molecule has 0 atom stereocenters. The Balaban J connectivity index is 1.69. The first-order chi connectivity index (χ1) is 15.8. The van der Waals surface area contributed by atoms with Gasteiger partial charge in [-0.2, -0.15) is 4.31 Å². The Morgan fingerprint density at radius 1 is 1.18 bits per heavy atom. The molecule has 0 unspecified atom stereocenters. The second-order valence-corrected chi connectivity index (χ2v) is 10.7. The van der Waals surface area contributed by atoms with Crippen molar-refractivity contribution in [1.82, 2.24) is 8.87 Å². The topological polar surface area (TPSA) is 89.9 Å². The third-order valence-corrected chi connectivity index (χ3v) is 8.66. The number of carbonyl (C=O) groups excluding carboxylic acids is 1. The highest BCUT2D eigenvalue weighted by Gasteiger charge is 2.30. The zero-order valence-corrected chi connectivity index (χ0v) is 20.5. The molecule has 1 aliphatic rings. The number of hydrogen-bond donors (Lipinski definition) is 1. The van der Waals surface area contributed by atoms with Crippen LogP contribution in [0.3, 0.4) is 0 Å². The van der Waals surface area contributed by atoms with Crippen LogP contribution in [0.4, 0.5) is 5.69 Å². The summed E-state index contributed by atoms with van der Waals surface area (Å²) in [6.45, 7) is 7.26. The van der Waals surface area contributed by atoms with E-state index in [2.05, 4.69) is 5.32 Å². The molecule has 1 saturated heterocycles. The Kier molecular flexibility index (Phi) is 6.89. The molecule has 176 valence electrons. The summed E-state index contributed by atoms with van der Waals surface area (Å²) in [7, 11) is -3.81. The summed E-state index contributed by atoms with van der Waals surface area (Å²) >= 11 is 1.54. The predicted molar refractivity (Wildman–Crippen MR) is 128 cm³/mol. The Labute approximate surface area is 197 Å². The molecule has 0 spiro atoms. The summed E-state index contributed by atoms with van der Waals surface area (Å²) in [6, 6.07) is 8.52. The number of amides is 1. The zero-order valence-electron chi connectivity index (χ0n) is 18.8. The number of nitrogens with one attached hydrogen (secondary N) is 1. The summed E-state index contributed by atoms with van der Waals surface area (Å²) in [4.78, 5) is 14.4. The fourth-order valence-electron chi connectivity index (χ4n) is 3.71. The van der Waals surface area contributed by atoms with Crippen LogP contribution in [-0.2, 0) is 14.8 Å². The standard InChI is InChI=1S/C23H27N3O5S2/c1-4-31-19-8-7-18(15-20(19)33(28,29)26-11-13-30-14-12-26)24-22(27)21-16(2)17(3)32-23(21)25-9-5-6-10-25/h5-10,15H,4,11-14H2,1-3H3,(H,24,27). The maximum atomic E-state index is 13.3. The highest BCUT2D eigenvalue weighted by molar-refractivity contribution is 7.89. The fraction of sp³-hybridized carbons (Fsp3) is 0.348. The van der Waals surface area contributed by atoms with Gasteiger partial charge in [-0.3, -0.25) is 4.79 Å². The van der Waals surface area contributed by atoms with Gasteiger partial charge in [0, 0.05) is 36.0 Å². The first kappa shape index (κ1) is 23.5. The van der Waals surface area contributed by atoms with Gasteiger partial charge >= 0.3 is 0 Å². The molecule has 1 fully saturated rings. The van der Waals surface area contributed by atoms with Crippen LogP contribution in [-0.4, -0.2) is 56.1 Å². The van der Waals surface area contributed by atoms with E-state index in [0.29, 0.717) is 31.1 Å². The lowest BCUT2D eigenvalue weighted by molar-refractivity contribution is 0.0729. The molecule has 10 heteroatoms. The van der Waals surface area contributed by atoms with Crippen molar-refractivity contribution in [3.05, 3.63) is 58.7 Å². The highest BCUT2D eigenvalue weighted by atomic mass is 32.2. The summed E-state index contributed by atoms with van der Waals surface area (Å²) in [6.07, 6.45) is 3.79. The number of ether oxygens (including phenoxy) is 2.